The Kier molecular flexibility index (Phi) is 6.32. The smallest absolute Gasteiger partial charge is 0.340 e. The third-order valence-corrected chi connectivity index (χ3v) is 4.62. The summed E-state index contributed by atoms with van der Waals surface area (Å²) < 4.78 is 12.3. The predicted octanol–water partition coefficient (Wildman–Crippen LogP) is 3.43. The molecule has 1 amide bonds. The van der Waals surface area contributed by atoms with Crippen LogP contribution in [0.1, 0.15) is 23.0 Å². The summed E-state index contributed by atoms with van der Waals surface area (Å²) in [6, 6.07) is 10.5. The van der Waals surface area contributed by atoms with E-state index in [1.807, 2.05) is 22.9 Å². The highest BCUT2D eigenvalue weighted by molar-refractivity contribution is 7.99. The Morgan fingerprint density at radius 1 is 1.26 bits per heavy atom. The number of carbonyl (C=O) groups excluding carboxylic acids is 2. The molecule has 0 saturated heterocycles. The Labute approximate surface area is 160 Å². The first-order valence-electron chi connectivity index (χ1n) is 8.39. The van der Waals surface area contributed by atoms with Gasteiger partial charge >= 0.3 is 5.97 Å². The molecule has 7 nitrogen and oxygen atoms in total. The number of ether oxygens (including phenoxy) is 1. The zero-order valence-electron chi connectivity index (χ0n) is 14.8. The van der Waals surface area contributed by atoms with Crippen LogP contribution in [0.15, 0.2) is 64.6 Å². The van der Waals surface area contributed by atoms with E-state index in [1.54, 1.807) is 43.6 Å². The molecule has 0 unspecified atom stereocenters. The van der Waals surface area contributed by atoms with E-state index in [0.717, 1.165) is 5.76 Å². The molecule has 2 aromatic heterocycles. The fraction of sp³-hybridized carbons (Fsp3) is 0.211. The Morgan fingerprint density at radius 2 is 2.11 bits per heavy atom. The highest BCUT2D eigenvalue weighted by Gasteiger charge is 2.15. The van der Waals surface area contributed by atoms with E-state index in [2.05, 4.69) is 10.3 Å². The third-order valence-electron chi connectivity index (χ3n) is 3.61. The maximum atomic E-state index is 12.3. The Morgan fingerprint density at radius 3 is 2.89 bits per heavy atom. The van der Waals surface area contributed by atoms with Crippen molar-refractivity contribution < 1.29 is 18.7 Å². The largest absolute Gasteiger partial charge is 0.467 e. The van der Waals surface area contributed by atoms with E-state index >= 15 is 0 Å². The number of nitrogens with zero attached hydrogens (tertiary/aromatic N) is 2. The van der Waals surface area contributed by atoms with Gasteiger partial charge in [-0.3, -0.25) is 4.79 Å². The van der Waals surface area contributed by atoms with E-state index < -0.39 is 5.97 Å². The molecule has 1 N–H and O–H groups in total. The van der Waals surface area contributed by atoms with Gasteiger partial charge in [-0.15, -0.1) is 0 Å². The van der Waals surface area contributed by atoms with Gasteiger partial charge in [-0.05, 0) is 31.2 Å². The van der Waals surface area contributed by atoms with Gasteiger partial charge in [0.2, 0.25) is 5.91 Å². The van der Waals surface area contributed by atoms with Crippen LogP contribution >= 0.6 is 11.8 Å². The van der Waals surface area contributed by atoms with Crippen LogP contribution in [0.4, 0.5) is 5.69 Å². The van der Waals surface area contributed by atoms with Crippen molar-refractivity contribution in [2.24, 2.45) is 0 Å². The topological polar surface area (TPSA) is 86.4 Å². The van der Waals surface area contributed by atoms with Crippen LogP contribution in [0.2, 0.25) is 0 Å². The van der Waals surface area contributed by atoms with Gasteiger partial charge in [0.25, 0.3) is 0 Å². The molecule has 0 fully saturated rings. The molecular formula is C19H19N3O4S. The van der Waals surface area contributed by atoms with Crippen molar-refractivity contribution in [1.82, 2.24) is 9.55 Å². The standard InChI is InChI=1S/C19H19N3O4S/c1-2-25-18(24)15-7-3-4-8-16(15)21-17(23)13-27-19-20-9-10-22(19)12-14-6-5-11-26-14/h3-11H,2,12-13H2,1H3,(H,21,23). The average Bonchev–Trinajstić information content (AvgIpc) is 3.33. The number of imidazole rings is 1. The van der Waals surface area contributed by atoms with Gasteiger partial charge in [-0.25, -0.2) is 9.78 Å². The summed E-state index contributed by atoms with van der Waals surface area (Å²) >= 11 is 1.31. The lowest BCUT2D eigenvalue weighted by Gasteiger charge is -2.10. The van der Waals surface area contributed by atoms with Crippen LogP contribution in [0.3, 0.4) is 0 Å². The van der Waals surface area contributed by atoms with E-state index in [4.69, 9.17) is 9.15 Å². The predicted molar refractivity (Wildman–Crippen MR) is 102 cm³/mol. The maximum absolute atomic E-state index is 12.3. The average molecular weight is 385 g/mol. The number of rotatable bonds is 8. The minimum atomic E-state index is -0.463. The second kappa shape index (κ2) is 9.09. The molecule has 0 saturated carbocycles. The number of nitrogens with one attached hydrogen (secondary N) is 1. The van der Waals surface area contributed by atoms with Crippen molar-refractivity contribution in [1.29, 1.82) is 0 Å². The summed E-state index contributed by atoms with van der Waals surface area (Å²) in [6.45, 7) is 2.55. The van der Waals surface area contributed by atoms with Gasteiger partial charge in [-0.1, -0.05) is 23.9 Å². The van der Waals surface area contributed by atoms with E-state index in [0.29, 0.717) is 23.0 Å². The molecule has 1 aromatic carbocycles. The van der Waals surface area contributed by atoms with E-state index in [9.17, 15) is 9.59 Å². The molecule has 0 radical (unpaired) electrons. The lowest BCUT2D eigenvalue weighted by Crippen LogP contribution is -2.17. The van der Waals surface area contributed by atoms with Gasteiger partial charge < -0.3 is 19.0 Å². The summed E-state index contributed by atoms with van der Waals surface area (Å²) in [6.07, 6.45) is 5.13. The summed E-state index contributed by atoms with van der Waals surface area (Å²) in [5.74, 6) is 0.272. The lowest BCUT2D eigenvalue weighted by molar-refractivity contribution is -0.113. The van der Waals surface area contributed by atoms with Crippen molar-refractivity contribution in [2.45, 2.75) is 18.6 Å². The highest BCUT2D eigenvalue weighted by atomic mass is 32.2. The number of amides is 1. The van der Waals surface area contributed by atoms with Crippen LogP contribution in [0.25, 0.3) is 0 Å². The van der Waals surface area contributed by atoms with Crippen LogP contribution in [-0.2, 0) is 16.1 Å². The third kappa shape index (κ3) is 5.01. The number of hydrogen-bond donors (Lipinski definition) is 1. The van der Waals surface area contributed by atoms with Crippen molar-refractivity contribution in [3.63, 3.8) is 0 Å². The number of para-hydroxylation sites is 1. The van der Waals surface area contributed by atoms with Crippen LogP contribution in [-0.4, -0.2) is 33.8 Å². The van der Waals surface area contributed by atoms with Crippen molar-refractivity contribution in [3.8, 4) is 0 Å². The van der Waals surface area contributed by atoms with Gasteiger partial charge in [0.15, 0.2) is 5.16 Å². The Bertz CT molecular complexity index is 905. The second-order valence-electron chi connectivity index (χ2n) is 5.52. The molecule has 0 aliphatic carbocycles. The van der Waals surface area contributed by atoms with E-state index in [1.165, 1.54) is 11.8 Å². The quantitative estimate of drug-likeness (QED) is 0.472. The highest BCUT2D eigenvalue weighted by Crippen LogP contribution is 2.20. The molecule has 2 heterocycles. The molecule has 3 rings (SSSR count). The maximum Gasteiger partial charge on any atom is 0.340 e. The number of hydrogen-bond acceptors (Lipinski definition) is 6. The first-order chi connectivity index (χ1) is 13.2. The number of carbonyl (C=O) groups is 2. The van der Waals surface area contributed by atoms with Crippen molar-refractivity contribution in [2.75, 3.05) is 17.7 Å². The molecule has 3 aromatic rings. The van der Waals surface area contributed by atoms with Crippen molar-refractivity contribution >= 4 is 29.3 Å². The first kappa shape index (κ1) is 18.8. The number of thioether (sulfide) groups is 1. The lowest BCUT2D eigenvalue weighted by atomic mass is 10.2. The van der Waals surface area contributed by atoms with Crippen LogP contribution in [0, 0.1) is 0 Å². The minimum absolute atomic E-state index is 0.159. The van der Waals surface area contributed by atoms with Gasteiger partial charge in [-0.2, -0.15) is 0 Å². The Balaban J connectivity index is 1.60. The number of furan rings is 1. The normalized spacial score (nSPS) is 10.6. The molecule has 0 aliphatic heterocycles. The monoisotopic (exact) mass is 385 g/mol. The number of benzene rings is 1. The summed E-state index contributed by atoms with van der Waals surface area (Å²) in [7, 11) is 0. The molecule has 0 spiro atoms. The molecule has 8 heteroatoms. The number of esters is 1. The molecule has 27 heavy (non-hydrogen) atoms. The van der Waals surface area contributed by atoms with Crippen LogP contribution in [0.5, 0.6) is 0 Å². The summed E-state index contributed by atoms with van der Waals surface area (Å²) in [5.41, 5.74) is 0.762. The fourth-order valence-corrected chi connectivity index (χ4v) is 3.18. The zero-order chi connectivity index (χ0) is 19.1. The van der Waals surface area contributed by atoms with Gasteiger partial charge in [0.05, 0.1) is 36.4 Å². The fourth-order valence-electron chi connectivity index (χ4n) is 2.42. The molecule has 0 aliphatic rings. The SMILES string of the molecule is CCOC(=O)c1ccccc1NC(=O)CSc1nccn1Cc1ccco1. The zero-order valence-corrected chi connectivity index (χ0v) is 15.6. The van der Waals surface area contributed by atoms with Gasteiger partial charge in [0.1, 0.15) is 5.76 Å². The second-order valence-corrected chi connectivity index (χ2v) is 6.46. The summed E-state index contributed by atoms with van der Waals surface area (Å²) in [5, 5.41) is 3.47. The van der Waals surface area contributed by atoms with Crippen LogP contribution < -0.4 is 5.32 Å². The molecule has 0 atom stereocenters. The molecular weight excluding hydrogens is 366 g/mol. The van der Waals surface area contributed by atoms with Gasteiger partial charge in [0, 0.05) is 12.4 Å². The molecule has 140 valence electrons. The first-order valence-corrected chi connectivity index (χ1v) is 9.38. The Hall–Kier alpha value is -3.00. The van der Waals surface area contributed by atoms with E-state index in [-0.39, 0.29) is 18.3 Å². The molecule has 0 bridgehead atoms. The number of aromatic nitrogens is 2. The number of anilines is 1. The summed E-state index contributed by atoms with van der Waals surface area (Å²) in [4.78, 5) is 28.6. The van der Waals surface area contributed by atoms with Crippen molar-refractivity contribution in [3.05, 3.63) is 66.4 Å². The minimum Gasteiger partial charge on any atom is -0.467 e.